The maximum atomic E-state index is 11.9. The smallest absolute Gasteiger partial charge is 0.270 e. The maximum absolute atomic E-state index is 11.9. The minimum Gasteiger partial charge on any atom is -0.292 e. The molecule has 2 rings (SSSR count). The Morgan fingerprint density at radius 3 is 2.71 bits per heavy atom. The Hall–Kier alpha value is -2.22. The van der Waals surface area contributed by atoms with Crippen LogP contribution in [0.1, 0.15) is 24.0 Å². The molecule has 2 aromatic rings. The quantitative estimate of drug-likeness (QED) is 0.737. The molecule has 0 fully saturated rings. The number of fused-ring (bicyclic) bond motifs is 1. The number of nitriles is 1. The normalized spacial score (nSPS) is 10.5. The van der Waals surface area contributed by atoms with Crippen molar-refractivity contribution in [1.29, 1.82) is 5.26 Å². The average molecular weight is 228 g/mol. The molecule has 0 aromatic carbocycles. The SMILES string of the molecule is CCn1c(=O)c(C#N)cc2c(C)nc(C)nc21. The fourth-order valence-electron chi connectivity index (χ4n) is 1.90. The number of hydrogen-bond acceptors (Lipinski definition) is 4. The fraction of sp³-hybridized carbons (Fsp3) is 0.333. The minimum absolute atomic E-state index is 0.134. The van der Waals surface area contributed by atoms with Gasteiger partial charge < -0.3 is 0 Å². The molecule has 0 aliphatic heterocycles. The first-order valence-electron chi connectivity index (χ1n) is 5.37. The van der Waals surface area contributed by atoms with Crippen molar-refractivity contribution in [3.8, 4) is 6.07 Å². The van der Waals surface area contributed by atoms with Crippen molar-refractivity contribution in [3.63, 3.8) is 0 Å². The van der Waals surface area contributed by atoms with E-state index in [2.05, 4.69) is 9.97 Å². The highest BCUT2D eigenvalue weighted by molar-refractivity contribution is 5.79. The molecule has 2 aromatic heterocycles. The van der Waals surface area contributed by atoms with Crippen LogP contribution in [-0.4, -0.2) is 14.5 Å². The standard InChI is InChI=1S/C12H12N4O/c1-4-16-11-10(5-9(6-13)12(16)17)7(2)14-8(3)15-11/h5H,4H2,1-3H3. The van der Waals surface area contributed by atoms with Gasteiger partial charge in [0.25, 0.3) is 5.56 Å². The zero-order chi connectivity index (χ0) is 12.6. The molecule has 86 valence electrons. The minimum atomic E-state index is -0.292. The Kier molecular flexibility index (Phi) is 2.64. The van der Waals surface area contributed by atoms with Crippen LogP contribution in [0.4, 0.5) is 0 Å². The summed E-state index contributed by atoms with van der Waals surface area (Å²) in [5.41, 5.74) is 1.22. The van der Waals surface area contributed by atoms with Crippen LogP contribution < -0.4 is 5.56 Å². The van der Waals surface area contributed by atoms with E-state index in [-0.39, 0.29) is 11.1 Å². The summed E-state index contributed by atoms with van der Waals surface area (Å²) < 4.78 is 1.51. The third-order valence-corrected chi connectivity index (χ3v) is 2.68. The van der Waals surface area contributed by atoms with Crippen molar-refractivity contribution in [1.82, 2.24) is 14.5 Å². The number of aryl methyl sites for hydroxylation is 3. The van der Waals surface area contributed by atoms with Crippen LogP contribution in [-0.2, 0) is 6.54 Å². The van der Waals surface area contributed by atoms with E-state index in [0.717, 1.165) is 11.1 Å². The van der Waals surface area contributed by atoms with Crippen molar-refractivity contribution in [2.45, 2.75) is 27.3 Å². The molecule has 0 aliphatic rings. The third-order valence-electron chi connectivity index (χ3n) is 2.68. The summed E-state index contributed by atoms with van der Waals surface area (Å²) in [6.07, 6.45) is 0. The fourth-order valence-corrected chi connectivity index (χ4v) is 1.90. The van der Waals surface area contributed by atoms with Crippen molar-refractivity contribution in [2.75, 3.05) is 0 Å². The highest BCUT2D eigenvalue weighted by Crippen LogP contribution is 2.14. The lowest BCUT2D eigenvalue weighted by molar-refractivity contribution is 0.742. The molecular formula is C12H12N4O. The number of nitrogens with zero attached hydrogens (tertiary/aromatic N) is 4. The van der Waals surface area contributed by atoms with Crippen LogP contribution in [0.15, 0.2) is 10.9 Å². The number of rotatable bonds is 1. The van der Waals surface area contributed by atoms with E-state index in [1.807, 2.05) is 19.9 Å². The Bertz CT molecular complexity index is 694. The highest BCUT2D eigenvalue weighted by Gasteiger charge is 2.11. The Morgan fingerprint density at radius 2 is 2.12 bits per heavy atom. The molecule has 0 saturated carbocycles. The lowest BCUT2D eigenvalue weighted by atomic mass is 10.2. The summed E-state index contributed by atoms with van der Waals surface area (Å²) in [6.45, 7) is 5.98. The Balaban J connectivity index is 3.05. The molecule has 0 aliphatic carbocycles. The molecule has 0 saturated heterocycles. The lowest BCUT2D eigenvalue weighted by Crippen LogP contribution is -2.23. The molecule has 17 heavy (non-hydrogen) atoms. The molecule has 0 spiro atoms. The van der Waals surface area contributed by atoms with Crippen LogP contribution in [0.2, 0.25) is 0 Å². The molecule has 0 N–H and O–H groups in total. The van der Waals surface area contributed by atoms with E-state index in [0.29, 0.717) is 18.0 Å². The van der Waals surface area contributed by atoms with Gasteiger partial charge in [0.2, 0.25) is 0 Å². The summed E-state index contributed by atoms with van der Waals surface area (Å²) in [6, 6.07) is 3.48. The van der Waals surface area contributed by atoms with Gasteiger partial charge in [0, 0.05) is 11.9 Å². The van der Waals surface area contributed by atoms with E-state index in [1.54, 1.807) is 13.0 Å². The topological polar surface area (TPSA) is 71.6 Å². The zero-order valence-corrected chi connectivity index (χ0v) is 9.98. The molecular weight excluding hydrogens is 216 g/mol. The molecule has 0 atom stereocenters. The van der Waals surface area contributed by atoms with Gasteiger partial charge in [-0.15, -0.1) is 0 Å². The third kappa shape index (κ3) is 1.68. The summed E-state index contributed by atoms with van der Waals surface area (Å²) >= 11 is 0. The highest BCUT2D eigenvalue weighted by atomic mass is 16.1. The summed E-state index contributed by atoms with van der Waals surface area (Å²) in [5.74, 6) is 0.626. The van der Waals surface area contributed by atoms with Crippen molar-refractivity contribution in [2.24, 2.45) is 0 Å². The van der Waals surface area contributed by atoms with Gasteiger partial charge in [0.15, 0.2) is 0 Å². The van der Waals surface area contributed by atoms with Gasteiger partial charge in [-0.2, -0.15) is 5.26 Å². The maximum Gasteiger partial charge on any atom is 0.270 e. The number of aromatic nitrogens is 3. The average Bonchev–Trinajstić information content (AvgIpc) is 2.28. The van der Waals surface area contributed by atoms with Gasteiger partial charge in [-0.3, -0.25) is 9.36 Å². The van der Waals surface area contributed by atoms with E-state index in [4.69, 9.17) is 5.26 Å². The molecule has 5 heteroatoms. The molecule has 2 heterocycles. The predicted molar refractivity (Wildman–Crippen MR) is 63.7 cm³/mol. The first kappa shape index (κ1) is 11.3. The molecule has 0 radical (unpaired) electrons. The number of hydrogen-bond donors (Lipinski definition) is 0. The molecule has 0 unspecified atom stereocenters. The van der Waals surface area contributed by atoms with Gasteiger partial charge in [-0.25, -0.2) is 9.97 Å². The van der Waals surface area contributed by atoms with Gasteiger partial charge >= 0.3 is 0 Å². The second-order valence-electron chi connectivity index (χ2n) is 3.81. The summed E-state index contributed by atoms with van der Waals surface area (Å²) in [5, 5.41) is 9.70. The monoisotopic (exact) mass is 228 g/mol. The van der Waals surface area contributed by atoms with Crippen LogP contribution in [0, 0.1) is 25.2 Å². The van der Waals surface area contributed by atoms with Crippen LogP contribution in [0.25, 0.3) is 11.0 Å². The largest absolute Gasteiger partial charge is 0.292 e. The van der Waals surface area contributed by atoms with E-state index >= 15 is 0 Å². The van der Waals surface area contributed by atoms with Gasteiger partial charge in [-0.05, 0) is 26.8 Å². The van der Waals surface area contributed by atoms with E-state index in [1.165, 1.54) is 4.57 Å². The summed E-state index contributed by atoms with van der Waals surface area (Å²) in [4.78, 5) is 20.5. The van der Waals surface area contributed by atoms with Crippen molar-refractivity contribution in [3.05, 3.63) is 33.5 Å². The predicted octanol–water partition coefficient (Wildman–Crippen LogP) is 1.30. The molecule has 0 bridgehead atoms. The van der Waals surface area contributed by atoms with Gasteiger partial charge in [0.1, 0.15) is 23.1 Å². The van der Waals surface area contributed by atoms with Crippen LogP contribution in [0.3, 0.4) is 0 Å². The van der Waals surface area contributed by atoms with Crippen LogP contribution in [0.5, 0.6) is 0 Å². The van der Waals surface area contributed by atoms with Gasteiger partial charge in [-0.1, -0.05) is 0 Å². The first-order valence-corrected chi connectivity index (χ1v) is 5.37. The van der Waals surface area contributed by atoms with Gasteiger partial charge in [0.05, 0.1) is 5.69 Å². The van der Waals surface area contributed by atoms with Crippen LogP contribution >= 0.6 is 0 Å². The van der Waals surface area contributed by atoms with Crippen molar-refractivity contribution < 1.29 is 0 Å². The first-order chi connectivity index (χ1) is 8.08. The van der Waals surface area contributed by atoms with E-state index < -0.39 is 0 Å². The zero-order valence-electron chi connectivity index (χ0n) is 9.98. The lowest BCUT2D eigenvalue weighted by Gasteiger charge is -2.09. The second kappa shape index (κ2) is 3.98. The number of pyridine rings is 1. The Morgan fingerprint density at radius 1 is 1.41 bits per heavy atom. The molecule has 5 nitrogen and oxygen atoms in total. The van der Waals surface area contributed by atoms with Crippen molar-refractivity contribution >= 4 is 11.0 Å². The Labute approximate surface area is 98.4 Å². The van der Waals surface area contributed by atoms with E-state index in [9.17, 15) is 4.79 Å². The summed E-state index contributed by atoms with van der Waals surface area (Å²) in [7, 11) is 0. The molecule has 0 amide bonds. The second-order valence-corrected chi connectivity index (χ2v) is 3.81.